The van der Waals surface area contributed by atoms with E-state index in [1.165, 1.54) is 31.4 Å². The van der Waals surface area contributed by atoms with Crippen LogP contribution in [0, 0.1) is 5.92 Å². The number of carbonyl (C=O) groups is 1. The quantitative estimate of drug-likeness (QED) is 0.676. The summed E-state index contributed by atoms with van der Waals surface area (Å²) in [6.07, 6.45) is 11.6. The SMILES string of the molecule is O=C(CC1(O)CCC1)N[C@H]1CC[C@H](CCN2CCN(c3nccc4c3OCC4)CC2)CC1. The maximum absolute atomic E-state index is 12.2. The highest BCUT2D eigenvalue weighted by Gasteiger charge is 2.37. The number of aliphatic hydroxyl groups is 1. The molecule has 3 fully saturated rings. The predicted octanol–water partition coefficient (Wildman–Crippen LogP) is 2.51. The van der Waals surface area contributed by atoms with Gasteiger partial charge in [0.05, 0.1) is 18.6 Å². The van der Waals surface area contributed by atoms with Gasteiger partial charge in [-0.1, -0.05) is 0 Å². The van der Waals surface area contributed by atoms with E-state index in [1.807, 2.05) is 6.20 Å². The Labute approximate surface area is 191 Å². The van der Waals surface area contributed by atoms with E-state index in [1.54, 1.807) is 0 Å². The Hall–Kier alpha value is -1.86. The normalized spacial score (nSPS) is 27.3. The second-order valence-corrected chi connectivity index (χ2v) is 10.4. The molecule has 1 aromatic heterocycles. The van der Waals surface area contributed by atoms with Gasteiger partial charge in [-0.15, -0.1) is 0 Å². The van der Waals surface area contributed by atoms with Crippen LogP contribution in [-0.4, -0.2) is 71.9 Å². The number of carbonyl (C=O) groups excluding carboxylic acids is 1. The molecular formula is C25H38N4O3. The molecule has 176 valence electrons. The lowest BCUT2D eigenvalue weighted by Crippen LogP contribution is -2.47. The third kappa shape index (κ3) is 5.04. The number of amides is 1. The first kappa shape index (κ1) is 22.0. The molecule has 4 aliphatic rings. The van der Waals surface area contributed by atoms with Crippen molar-refractivity contribution >= 4 is 11.7 Å². The number of hydrogen-bond donors (Lipinski definition) is 2. The van der Waals surface area contributed by atoms with Gasteiger partial charge in [-0.05, 0) is 69.9 Å². The third-order valence-electron chi connectivity index (χ3n) is 8.10. The fourth-order valence-corrected chi connectivity index (χ4v) is 5.80. The van der Waals surface area contributed by atoms with Crippen molar-refractivity contribution in [2.45, 2.75) is 75.9 Å². The highest BCUT2D eigenvalue weighted by Crippen LogP contribution is 2.36. The number of rotatable bonds is 7. The van der Waals surface area contributed by atoms with Crippen molar-refractivity contribution in [3.8, 4) is 5.75 Å². The number of nitrogens with zero attached hydrogens (tertiary/aromatic N) is 3. The number of fused-ring (bicyclic) bond motifs is 1. The molecule has 0 bridgehead atoms. The first-order chi connectivity index (χ1) is 15.6. The molecule has 1 aromatic rings. The zero-order valence-electron chi connectivity index (χ0n) is 19.2. The Kier molecular flexibility index (Phi) is 6.56. The number of ether oxygens (including phenoxy) is 1. The highest BCUT2D eigenvalue weighted by atomic mass is 16.5. The van der Waals surface area contributed by atoms with E-state index < -0.39 is 5.60 Å². The summed E-state index contributed by atoms with van der Waals surface area (Å²) in [5.41, 5.74) is 0.581. The second kappa shape index (κ2) is 9.56. The fraction of sp³-hybridized carbons (Fsp3) is 0.760. The molecule has 1 saturated heterocycles. The summed E-state index contributed by atoms with van der Waals surface area (Å²) < 4.78 is 5.85. The maximum atomic E-state index is 12.2. The average Bonchev–Trinajstić information content (AvgIpc) is 3.27. The van der Waals surface area contributed by atoms with Crippen LogP contribution in [0.25, 0.3) is 0 Å². The fourth-order valence-electron chi connectivity index (χ4n) is 5.80. The average molecular weight is 443 g/mol. The number of anilines is 1. The van der Waals surface area contributed by atoms with Crippen molar-refractivity contribution in [3.05, 3.63) is 17.8 Å². The number of hydrogen-bond acceptors (Lipinski definition) is 6. The van der Waals surface area contributed by atoms with Gasteiger partial charge in [-0.3, -0.25) is 9.69 Å². The van der Waals surface area contributed by atoms with E-state index in [0.29, 0.717) is 6.04 Å². The molecule has 7 nitrogen and oxygen atoms in total. The van der Waals surface area contributed by atoms with Crippen LogP contribution in [-0.2, 0) is 11.2 Å². The third-order valence-corrected chi connectivity index (χ3v) is 8.10. The first-order valence-electron chi connectivity index (χ1n) is 12.7. The van der Waals surface area contributed by atoms with Gasteiger partial charge < -0.3 is 20.1 Å². The van der Waals surface area contributed by atoms with E-state index in [0.717, 1.165) is 88.8 Å². The van der Waals surface area contributed by atoms with Crippen LogP contribution in [0.4, 0.5) is 5.82 Å². The van der Waals surface area contributed by atoms with Gasteiger partial charge in [0.15, 0.2) is 11.6 Å². The monoisotopic (exact) mass is 442 g/mol. The number of pyridine rings is 1. The van der Waals surface area contributed by atoms with Crippen LogP contribution in [0.2, 0.25) is 0 Å². The van der Waals surface area contributed by atoms with Gasteiger partial charge in [-0.2, -0.15) is 0 Å². The van der Waals surface area contributed by atoms with Crippen molar-refractivity contribution in [1.29, 1.82) is 0 Å². The molecule has 2 aliphatic heterocycles. The van der Waals surface area contributed by atoms with E-state index >= 15 is 0 Å². The van der Waals surface area contributed by atoms with Gasteiger partial charge in [0, 0.05) is 50.4 Å². The van der Waals surface area contributed by atoms with Crippen molar-refractivity contribution in [2.75, 3.05) is 44.2 Å². The minimum Gasteiger partial charge on any atom is -0.489 e. The van der Waals surface area contributed by atoms with Gasteiger partial charge in [0.2, 0.25) is 5.91 Å². The Bertz CT molecular complexity index is 796. The van der Waals surface area contributed by atoms with Gasteiger partial charge in [0.1, 0.15) is 0 Å². The topological polar surface area (TPSA) is 77.9 Å². The lowest BCUT2D eigenvalue weighted by atomic mass is 9.77. The van der Waals surface area contributed by atoms with E-state index in [2.05, 4.69) is 26.2 Å². The van der Waals surface area contributed by atoms with E-state index in [-0.39, 0.29) is 12.3 Å². The molecule has 0 atom stereocenters. The van der Waals surface area contributed by atoms with Crippen molar-refractivity contribution in [2.24, 2.45) is 5.92 Å². The summed E-state index contributed by atoms with van der Waals surface area (Å²) >= 11 is 0. The smallest absolute Gasteiger partial charge is 0.223 e. The molecule has 32 heavy (non-hydrogen) atoms. The minimum atomic E-state index is -0.713. The molecule has 3 heterocycles. The van der Waals surface area contributed by atoms with Crippen LogP contribution >= 0.6 is 0 Å². The molecule has 7 heteroatoms. The Morgan fingerprint density at radius 3 is 2.69 bits per heavy atom. The van der Waals surface area contributed by atoms with Crippen molar-refractivity contribution in [1.82, 2.24) is 15.2 Å². The largest absolute Gasteiger partial charge is 0.489 e. The summed E-state index contributed by atoms with van der Waals surface area (Å²) in [7, 11) is 0. The molecule has 2 aliphatic carbocycles. The number of nitrogens with one attached hydrogen (secondary N) is 1. The zero-order valence-corrected chi connectivity index (χ0v) is 19.2. The molecular weight excluding hydrogens is 404 g/mol. The molecule has 0 radical (unpaired) electrons. The van der Waals surface area contributed by atoms with Crippen LogP contribution in [0.1, 0.15) is 63.4 Å². The Morgan fingerprint density at radius 1 is 1.19 bits per heavy atom. The summed E-state index contributed by atoms with van der Waals surface area (Å²) in [6, 6.07) is 2.38. The summed E-state index contributed by atoms with van der Waals surface area (Å²) in [5, 5.41) is 13.4. The zero-order chi connectivity index (χ0) is 22.0. The van der Waals surface area contributed by atoms with Gasteiger partial charge in [0.25, 0.3) is 0 Å². The van der Waals surface area contributed by atoms with Crippen LogP contribution in [0.5, 0.6) is 5.75 Å². The highest BCUT2D eigenvalue weighted by molar-refractivity contribution is 5.77. The number of aromatic nitrogens is 1. The molecule has 0 spiro atoms. The molecule has 1 amide bonds. The lowest BCUT2D eigenvalue weighted by Gasteiger charge is -2.37. The maximum Gasteiger partial charge on any atom is 0.223 e. The van der Waals surface area contributed by atoms with Crippen molar-refractivity contribution < 1.29 is 14.6 Å². The summed E-state index contributed by atoms with van der Waals surface area (Å²) in [4.78, 5) is 21.8. The second-order valence-electron chi connectivity index (χ2n) is 10.4. The molecule has 5 rings (SSSR count). The predicted molar refractivity (Wildman–Crippen MR) is 124 cm³/mol. The lowest BCUT2D eigenvalue weighted by molar-refractivity contribution is -0.131. The van der Waals surface area contributed by atoms with Gasteiger partial charge >= 0.3 is 0 Å². The molecule has 0 aromatic carbocycles. The minimum absolute atomic E-state index is 0.0393. The Balaban J connectivity index is 0.995. The molecule has 0 unspecified atom stereocenters. The molecule has 2 saturated carbocycles. The summed E-state index contributed by atoms with van der Waals surface area (Å²) in [6.45, 7) is 6.14. The molecule has 2 N–H and O–H groups in total. The first-order valence-corrected chi connectivity index (χ1v) is 12.7. The van der Waals surface area contributed by atoms with Gasteiger partial charge in [-0.25, -0.2) is 4.98 Å². The van der Waals surface area contributed by atoms with Crippen LogP contribution in [0.3, 0.4) is 0 Å². The summed E-state index contributed by atoms with van der Waals surface area (Å²) in [5.74, 6) is 2.85. The van der Waals surface area contributed by atoms with Crippen molar-refractivity contribution in [3.63, 3.8) is 0 Å². The van der Waals surface area contributed by atoms with Crippen LogP contribution in [0.15, 0.2) is 12.3 Å². The van der Waals surface area contributed by atoms with Crippen LogP contribution < -0.4 is 15.0 Å². The van der Waals surface area contributed by atoms with E-state index in [4.69, 9.17) is 4.74 Å². The Morgan fingerprint density at radius 2 is 1.97 bits per heavy atom. The number of piperazine rings is 1. The standard InChI is InChI=1S/C25H38N4O3/c30-22(18-25(31)9-1-10-25)27-21-4-2-19(3-5-21)7-12-28-13-15-29(16-14-28)24-23-20(6-11-26-24)8-17-32-23/h6,11,19,21,31H,1-5,7-10,12-18H2,(H,27,30)/t19-,21-. The van der Waals surface area contributed by atoms with E-state index in [9.17, 15) is 9.90 Å².